The Morgan fingerprint density at radius 1 is 0.829 bits per heavy atom. The molecule has 2 atom stereocenters. The van der Waals surface area contributed by atoms with Crippen LogP contribution in [0.25, 0.3) is 0 Å². The van der Waals surface area contributed by atoms with Crippen molar-refractivity contribution in [1.29, 1.82) is 0 Å². The lowest BCUT2D eigenvalue weighted by Crippen LogP contribution is -2.47. The van der Waals surface area contributed by atoms with Gasteiger partial charge in [0.15, 0.2) is 0 Å². The molecule has 3 aliphatic rings. The van der Waals surface area contributed by atoms with Gasteiger partial charge < -0.3 is 15.3 Å². The third kappa shape index (κ3) is 5.80. The maximum Gasteiger partial charge on any atom is 0.317 e. The fraction of sp³-hybridized carbons (Fsp3) is 0.472. The lowest BCUT2D eigenvalue weighted by Gasteiger charge is -2.34. The van der Waals surface area contributed by atoms with Crippen LogP contribution in [-0.4, -0.2) is 46.6 Å². The smallest absolute Gasteiger partial charge is 0.317 e. The summed E-state index contributed by atoms with van der Waals surface area (Å²) in [5, 5.41) is 15.2. The van der Waals surface area contributed by atoms with E-state index in [9.17, 15) is 9.90 Å². The molecule has 3 aromatic rings. The molecule has 41 heavy (non-hydrogen) atoms. The van der Waals surface area contributed by atoms with E-state index in [1.165, 1.54) is 38.6 Å². The van der Waals surface area contributed by atoms with E-state index in [1.807, 2.05) is 72.5 Å². The molecule has 2 amide bonds. The van der Waals surface area contributed by atoms with Crippen LogP contribution in [0.5, 0.6) is 0 Å². The van der Waals surface area contributed by atoms with Gasteiger partial charge in [-0.3, -0.25) is 4.90 Å². The second kappa shape index (κ2) is 12.4. The van der Waals surface area contributed by atoms with Crippen LogP contribution in [0.15, 0.2) is 84.9 Å². The first-order valence-corrected chi connectivity index (χ1v) is 15.8. The maximum atomic E-state index is 13.3. The second-order valence-corrected chi connectivity index (χ2v) is 12.4. The number of fused-ring (bicyclic) bond motifs is 5. The summed E-state index contributed by atoms with van der Waals surface area (Å²) in [6.07, 6.45) is 8.81. The molecule has 2 fully saturated rings. The summed E-state index contributed by atoms with van der Waals surface area (Å²) in [5.41, 5.74) is 3.70. The molecule has 2 heterocycles. The summed E-state index contributed by atoms with van der Waals surface area (Å²) < 4.78 is 0. The number of amides is 2. The van der Waals surface area contributed by atoms with Gasteiger partial charge in [0, 0.05) is 37.6 Å². The van der Waals surface area contributed by atoms with Gasteiger partial charge in [-0.05, 0) is 86.6 Å². The number of hydrogen-bond donors (Lipinski definition) is 2. The number of carbonyl (C=O) groups excluding carboxylic acids is 1. The van der Waals surface area contributed by atoms with E-state index < -0.39 is 5.60 Å². The lowest BCUT2D eigenvalue weighted by molar-refractivity contribution is 0.0614. The van der Waals surface area contributed by atoms with Crippen LogP contribution in [0.3, 0.4) is 0 Å². The fourth-order valence-electron chi connectivity index (χ4n) is 7.74. The summed E-state index contributed by atoms with van der Waals surface area (Å²) in [6, 6.07) is 30.2. The molecule has 2 unspecified atom stereocenters. The normalized spacial score (nSPS) is 23.8. The van der Waals surface area contributed by atoms with Crippen LogP contribution in [0.1, 0.15) is 92.6 Å². The molecule has 2 bridgehead atoms. The van der Waals surface area contributed by atoms with Gasteiger partial charge in [-0.25, -0.2) is 4.79 Å². The Balaban J connectivity index is 0.988. The number of carbonyl (C=O) groups is 1. The number of rotatable bonds is 10. The molecule has 3 aromatic carbocycles. The molecular formula is C36H45N3O2. The standard InChI is InChI=1S/C36H45N3O2/c1-2-38(26-24-36(41,28-11-5-3-6-12-28)29-13-7-4-8-14-29)35(40)37-30-19-17-27(18-20-30)23-25-39-33-21-22-34(39)32-16-10-9-15-31(32)33/h3-16,27,30,33-34,41H,2,17-26H2,1H3,(H,37,40). The van der Waals surface area contributed by atoms with E-state index in [0.717, 1.165) is 29.9 Å². The highest BCUT2D eigenvalue weighted by Crippen LogP contribution is 2.53. The first-order valence-electron chi connectivity index (χ1n) is 15.8. The van der Waals surface area contributed by atoms with Crippen LogP contribution in [0.2, 0.25) is 0 Å². The minimum absolute atomic E-state index is 0.00849. The van der Waals surface area contributed by atoms with Gasteiger partial charge in [-0.15, -0.1) is 0 Å². The maximum absolute atomic E-state index is 13.3. The Morgan fingerprint density at radius 3 is 1.90 bits per heavy atom. The Hall–Kier alpha value is -3.15. The van der Waals surface area contributed by atoms with Crippen molar-refractivity contribution in [3.63, 3.8) is 0 Å². The van der Waals surface area contributed by atoms with Gasteiger partial charge in [0.2, 0.25) is 0 Å². The summed E-state index contributed by atoms with van der Waals surface area (Å²) in [6.45, 7) is 4.31. The molecule has 2 aliphatic heterocycles. The van der Waals surface area contributed by atoms with Crippen LogP contribution < -0.4 is 5.32 Å². The first-order chi connectivity index (χ1) is 20.1. The van der Waals surface area contributed by atoms with Crippen molar-refractivity contribution in [1.82, 2.24) is 15.1 Å². The zero-order chi connectivity index (χ0) is 28.2. The van der Waals surface area contributed by atoms with Gasteiger partial charge in [0.05, 0.1) is 0 Å². The number of urea groups is 1. The van der Waals surface area contributed by atoms with E-state index in [-0.39, 0.29) is 12.1 Å². The Kier molecular flexibility index (Phi) is 8.45. The highest BCUT2D eigenvalue weighted by atomic mass is 16.3. The number of nitrogens with zero attached hydrogens (tertiary/aromatic N) is 2. The van der Waals surface area contributed by atoms with E-state index >= 15 is 0 Å². The van der Waals surface area contributed by atoms with Crippen LogP contribution in [0.4, 0.5) is 4.79 Å². The second-order valence-electron chi connectivity index (χ2n) is 12.4. The molecule has 0 radical (unpaired) electrons. The molecule has 1 saturated heterocycles. The monoisotopic (exact) mass is 551 g/mol. The van der Waals surface area contributed by atoms with Crippen molar-refractivity contribution in [3.05, 3.63) is 107 Å². The summed E-state index contributed by atoms with van der Waals surface area (Å²) in [5.74, 6) is 0.750. The summed E-state index contributed by atoms with van der Waals surface area (Å²) in [7, 11) is 0. The highest BCUT2D eigenvalue weighted by molar-refractivity contribution is 5.74. The van der Waals surface area contributed by atoms with Crippen molar-refractivity contribution >= 4 is 6.03 Å². The van der Waals surface area contributed by atoms with Crippen LogP contribution in [-0.2, 0) is 5.60 Å². The van der Waals surface area contributed by atoms with Crippen LogP contribution >= 0.6 is 0 Å². The number of nitrogens with one attached hydrogen (secondary N) is 1. The molecular weight excluding hydrogens is 506 g/mol. The third-order valence-electron chi connectivity index (χ3n) is 10.1. The molecule has 5 nitrogen and oxygen atoms in total. The number of aliphatic hydroxyl groups is 1. The van der Waals surface area contributed by atoms with E-state index in [1.54, 1.807) is 11.1 Å². The topological polar surface area (TPSA) is 55.8 Å². The molecule has 1 aliphatic carbocycles. The number of benzene rings is 3. The first kappa shape index (κ1) is 28.0. The largest absolute Gasteiger partial charge is 0.380 e. The predicted molar refractivity (Wildman–Crippen MR) is 165 cm³/mol. The number of hydrogen-bond acceptors (Lipinski definition) is 3. The molecule has 5 heteroatoms. The predicted octanol–water partition coefficient (Wildman–Crippen LogP) is 7.18. The highest BCUT2D eigenvalue weighted by Gasteiger charge is 2.43. The zero-order valence-electron chi connectivity index (χ0n) is 24.4. The van der Waals surface area contributed by atoms with Crippen molar-refractivity contribution in [2.45, 2.75) is 82.0 Å². The van der Waals surface area contributed by atoms with Crippen molar-refractivity contribution in [2.75, 3.05) is 19.6 Å². The third-order valence-corrected chi connectivity index (χ3v) is 10.1. The minimum atomic E-state index is -1.15. The Morgan fingerprint density at radius 2 is 1.37 bits per heavy atom. The van der Waals surface area contributed by atoms with Crippen molar-refractivity contribution < 1.29 is 9.90 Å². The molecule has 0 spiro atoms. The van der Waals surface area contributed by atoms with Gasteiger partial charge in [-0.1, -0.05) is 84.9 Å². The molecule has 2 N–H and O–H groups in total. The van der Waals surface area contributed by atoms with E-state index in [4.69, 9.17) is 0 Å². The molecule has 0 aromatic heterocycles. The average Bonchev–Trinajstić information content (AvgIpc) is 3.58. The van der Waals surface area contributed by atoms with E-state index in [2.05, 4.69) is 34.5 Å². The Bertz CT molecular complexity index is 1220. The van der Waals surface area contributed by atoms with E-state index in [0.29, 0.717) is 31.6 Å². The summed E-state index contributed by atoms with van der Waals surface area (Å²) in [4.78, 5) is 17.9. The SMILES string of the molecule is CCN(CCC(O)(c1ccccc1)c1ccccc1)C(=O)NC1CCC(CCN2C3CCC2c2ccccc23)CC1. The molecule has 216 valence electrons. The Labute approximate surface area is 245 Å². The molecule has 6 rings (SSSR count). The van der Waals surface area contributed by atoms with Gasteiger partial charge in [0.25, 0.3) is 0 Å². The zero-order valence-corrected chi connectivity index (χ0v) is 24.4. The lowest BCUT2D eigenvalue weighted by atomic mass is 9.83. The van der Waals surface area contributed by atoms with Crippen molar-refractivity contribution in [2.24, 2.45) is 5.92 Å². The van der Waals surface area contributed by atoms with Crippen molar-refractivity contribution in [3.8, 4) is 0 Å². The average molecular weight is 552 g/mol. The van der Waals surface area contributed by atoms with Gasteiger partial charge in [0.1, 0.15) is 5.60 Å². The fourth-order valence-corrected chi connectivity index (χ4v) is 7.74. The van der Waals surface area contributed by atoms with Gasteiger partial charge >= 0.3 is 6.03 Å². The quantitative estimate of drug-likeness (QED) is 0.281. The van der Waals surface area contributed by atoms with Crippen LogP contribution in [0, 0.1) is 5.92 Å². The molecule has 1 saturated carbocycles. The summed E-state index contributed by atoms with van der Waals surface area (Å²) >= 11 is 0. The van der Waals surface area contributed by atoms with Gasteiger partial charge in [-0.2, -0.15) is 0 Å². The minimum Gasteiger partial charge on any atom is -0.380 e.